The minimum absolute atomic E-state index is 0.158. The average molecular weight is 269 g/mol. The summed E-state index contributed by atoms with van der Waals surface area (Å²) in [6.07, 6.45) is -3.09. The number of halogens is 3. The number of hydrogen-bond acceptors (Lipinski definition) is 2. The summed E-state index contributed by atoms with van der Waals surface area (Å²) in [6, 6.07) is 4.75. The van der Waals surface area contributed by atoms with Crippen LogP contribution in [0.15, 0.2) is 18.2 Å². The van der Waals surface area contributed by atoms with Crippen LogP contribution in [0.5, 0.6) is 5.75 Å². The van der Waals surface area contributed by atoms with E-state index in [1.165, 1.54) is 6.07 Å². The lowest BCUT2D eigenvalue weighted by molar-refractivity contribution is -0.274. The molecule has 1 aromatic rings. The fourth-order valence-corrected chi connectivity index (χ4v) is 2.25. The standard InChI is InChI=1S/C14H14F3NO/c1-2-3-4-6-10-9-18-13-11(10)7-5-8-12(13)19-14(15,16)17/h5,7-8,10,18H,4,6,9H2,1H3. The number of anilines is 1. The molecule has 0 amide bonds. The minimum Gasteiger partial charge on any atom is -0.404 e. The van der Waals surface area contributed by atoms with Crippen LogP contribution in [0, 0.1) is 11.8 Å². The van der Waals surface area contributed by atoms with E-state index in [2.05, 4.69) is 21.9 Å². The summed E-state index contributed by atoms with van der Waals surface area (Å²) in [5.41, 5.74) is 1.33. The molecule has 0 bridgehead atoms. The van der Waals surface area contributed by atoms with Crippen LogP contribution in [0.4, 0.5) is 18.9 Å². The van der Waals surface area contributed by atoms with Crippen molar-refractivity contribution in [2.24, 2.45) is 0 Å². The summed E-state index contributed by atoms with van der Waals surface area (Å²) in [5.74, 6) is 5.81. The fourth-order valence-electron chi connectivity index (χ4n) is 2.25. The van der Waals surface area contributed by atoms with E-state index in [1.807, 2.05) is 6.07 Å². The van der Waals surface area contributed by atoms with Crippen molar-refractivity contribution in [3.63, 3.8) is 0 Å². The summed E-state index contributed by atoms with van der Waals surface area (Å²) in [4.78, 5) is 0. The van der Waals surface area contributed by atoms with Gasteiger partial charge in [0.2, 0.25) is 0 Å². The van der Waals surface area contributed by atoms with Gasteiger partial charge in [0, 0.05) is 18.9 Å². The second kappa shape index (κ2) is 5.43. The quantitative estimate of drug-likeness (QED) is 0.840. The lowest BCUT2D eigenvalue weighted by Crippen LogP contribution is -2.17. The van der Waals surface area contributed by atoms with Gasteiger partial charge < -0.3 is 10.1 Å². The molecule has 0 aromatic heterocycles. The molecule has 1 atom stereocenters. The van der Waals surface area contributed by atoms with Crippen LogP contribution in [0.1, 0.15) is 31.2 Å². The first-order valence-electron chi connectivity index (χ1n) is 6.03. The van der Waals surface area contributed by atoms with Gasteiger partial charge >= 0.3 is 6.36 Å². The Morgan fingerprint density at radius 3 is 2.89 bits per heavy atom. The first kappa shape index (κ1) is 13.6. The van der Waals surface area contributed by atoms with Crippen molar-refractivity contribution in [1.82, 2.24) is 0 Å². The number of rotatable bonds is 3. The summed E-state index contributed by atoms with van der Waals surface area (Å²) in [6.45, 7) is 2.40. The van der Waals surface area contributed by atoms with Crippen molar-refractivity contribution in [3.8, 4) is 17.6 Å². The molecular formula is C14H14F3NO. The molecule has 102 valence electrons. The lowest BCUT2D eigenvalue weighted by atomic mass is 9.96. The molecule has 1 aliphatic rings. The second-order valence-electron chi connectivity index (χ2n) is 4.31. The normalized spacial score (nSPS) is 17.2. The van der Waals surface area contributed by atoms with E-state index < -0.39 is 6.36 Å². The zero-order valence-electron chi connectivity index (χ0n) is 10.5. The predicted molar refractivity (Wildman–Crippen MR) is 67.0 cm³/mol. The number of fused-ring (bicyclic) bond motifs is 1. The van der Waals surface area contributed by atoms with Crippen molar-refractivity contribution in [2.75, 3.05) is 11.9 Å². The first-order valence-corrected chi connectivity index (χ1v) is 6.03. The molecular weight excluding hydrogens is 255 g/mol. The van der Waals surface area contributed by atoms with Gasteiger partial charge in [0.15, 0.2) is 5.75 Å². The summed E-state index contributed by atoms with van der Waals surface area (Å²) in [7, 11) is 0. The van der Waals surface area contributed by atoms with Gasteiger partial charge in [0.1, 0.15) is 0 Å². The van der Waals surface area contributed by atoms with Crippen LogP contribution >= 0.6 is 0 Å². The molecule has 0 saturated carbocycles. The molecule has 1 unspecified atom stereocenters. The van der Waals surface area contributed by atoms with Gasteiger partial charge in [-0.15, -0.1) is 25.0 Å². The van der Waals surface area contributed by atoms with E-state index in [0.29, 0.717) is 12.2 Å². The van der Waals surface area contributed by atoms with Gasteiger partial charge in [0.25, 0.3) is 0 Å². The average Bonchev–Trinajstić information content (AvgIpc) is 2.72. The number of para-hydroxylation sites is 1. The first-order chi connectivity index (χ1) is 9.01. The molecule has 1 aromatic carbocycles. The third kappa shape index (κ3) is 3.34. The molecule has 5 heteroatoms. The minimum atomic E-state index is -4.66. The van der Waals surface area contributed by atoms with Crippen molar-refractivity contribution in [1.29, 1.82) is 0 Å². The Hall–Kier alpha value is -1.83. The van der Waals surface area contributed by atoms with Crippen LogP contribution in [0.3, 0.4) is 0 Å². The van der Waals surface area contributed by atoms with Crippen LogP contribution < -0.4 is 10.1 Å². The topological polar surface area (TPSA) is 21.3 Å². The molecule has 1 N–H and O–H groups in total. The smallest absolute Gasteiger partial charge is 0.404 e. The van der Waals surface area contributed by atoms with Crippen LogP contribution in [-0.4, -0.2) is 12.9 Å². The number of benzene rings is 1. The number of ether oxygens (including phenoxy) is 1. The molecule has 2 nitrogen and oxygen atoms in total. The van der Waals surface area contributed by atoms with Gasteiger partial charge in [-0.1, -0.05) is 12.1 Å². The summed E-state index contributed by atoms with van der Waals surface area (Å²) in [5, 5.41) is 3.00. The predicted octanol–water partition coefficient (Wildman–Crippen LogP) is 3.90. The van der Waals surface area contributed by atoms with E-state index in [4.69, 9.17) is 0 Å². The van der Waals surface area contributed by atoms with E-state index in [1.54, 1.807) is 13.0 Å². The van der Waals surface area contributed by atoms with Crippen molar-refractivity contribution < 1.29 is 17.9 Å². The molecule has 1 aliphatic heterocycles. The van der Waals surface area contributed by atoms with E-state index in [9.17, 15) is 13.2 Å². The largest absolute Gasteiger partial charge is 0.573 e. The highest BCUT2D eigenvalue weighted by Gasteiger charge is 2.34. The highest BCUT2D eigenvalue weighted by Crippen LogP contribution is 2.41. The number of alkyl halides is 3. The van der Waals surface area contributed by atoms with Gasteiger partial charge in [-0.25, -0.2) is 0 Å². The number of hydrogen-bond donors (Lipinski definition) is 1. The molecule has 0 radical (unpaired) electrons. The Morgan fingerprint density at radius 1 is 1.42 bits per heavy atom. The summed E-state index contributed by atoms with van der Waals surface area (Å²) < 4.78 is 40.9. The second-order valence-corrected chi connectivity index (χ2v) is 4.31. The van der Waals surface area contributed by atoms with E-state index in [0.717, 1.165) is 18.4 Å². The van der Waals surface area contributed by atoms with E-state index in [-0.39, 0.29) is 11.7 Å². The summed E-state index contributed by atoms with van der Waals surface area (Å²) >= 11 is 0. The molecule has 1 heterocycles. The molecule has 0 saturated heterocycles. The highest BCUT2D eigenvalue weighted by molar-refractivity contribution is 5.66. The van der Waals surface area contributed by atoms with Gasteiger partial charge in [0.05, 0.1) is 5.69 Å². The Bertz CT molecular complexity index is 514. The van der Waals surface area contributed by atoms with Crippen LogP contribution in [0.2, 0.25) is 0 Å². The molecule has 0 fully saturated rings. The Labute approximate surface area is 110 Å². The SMILES string of the molecule is CC#CCCC1CNc2c(OC(F)(F)F)cccc21. The monoisotopic (exact) mass is 269 g/mol. The maximum Gasteiger partial charge on any atom is 0.573 e. The van der Waals surface area contributed by atoms with Crippen molar-refractivity contribution in [3.05, 3.63) is 23.8 Å². The Kier molecular flexibility index (Phi) is 3.89. The maximum atomic E-state index is 12.3. The molecule has 0 aliphatic carbocycles. The third-order valence-electron chi connectivity index (χ3n) is 3.04. The van der Waals surface area contributed by atoms with Gasteiger partial charge in [-0.2, -0.15) is 0 Å². The molecule has 19 heavy (non-hydrogen) atoms. The zero-order chi connectivity index (χ0) is 13.9. The zero-order valence-corrected chi connectivity index (χ0v) is 10.5. The van der Waals surface area contributed by atoms with E-state index >= 15 is 0 Å². The van der Waals surface area contributed by atoms with Crippen molar-refractivity contribution >= 4 is 5.69 Å². The maximum absolute atomic E-state index is 12.3. The van der Waals surface area contributed by atoms with Crippen LogP contribution in [-0.2, 0) is 0 Å². The van der Waals surface area contributed by atoms with Gasteiger partial charge in [-0.3, -0.25) is 0 Å². The lowest BCUT2D eigenvalue weighted by Gasteiger charge is -2.13. The third-order valence-corrected chi connectivity index (χ3v) is 3.04. The molecule has 0 spiro atoms. The highest BCUT2D eigenvalue weighted by atomic mass is 19.4. The van der Waals surface area contributed by atoms with Crippen LogP contribution in [0.25, 0.3) is 0 Å². The Morgan fingerprint density at radius 2 is 2.21 bits per heavy atom. The fraction of sp³-hybridized carbons (Fsp3) is 0.429. The van der Waals surface area contributed by atoms with Crippen molar-refractivity contribution in [2.45, 2.75) is 32.0 Å². The molecule has 2 rings (SSSR count). The Balaban J connectivity index is 2.17. The number of nitrogens with one attached hydrogen (secondary N) is 1. The van der Waals surface area contributed by atoms with Gasteiger partial charge in [-0.05, 0) is 25.0 Å².